The zero-order chi connectivity index (χ0) is 18.0. The van der Waals surface area contributed by atoms with E-state index in [2.05, 4.69) is 23.2 Å². The summed E-state index contributed by atoms with van der Waals surface area (Å²) in [7, 11) is 0. The van der Waals surface area contributed by atoms with Gasteiger partial charge in [0.1, 0.15) is 12.2 Å². The number of piperazine rings is 1. The fraction of sp³-hybridized carbons (Fsp3) is 0.316. The Hall–Kier alpha value is -2.89. The number of pyridine rings is 1. The van der Waals surface area contributed by atoms with Crippen LogP contribution in [0.2, 0.25) is 0 Å². The van der Waals surface area contributed by atoms with Crippen LogP contribution in [0, 0.1) is 13.8 Å². The summed E-state index contributed by atoms with van der Waals surface area (Å²) in [5, 5.41) is 0. The van der Waals surface area contributed by atoms with Crippen molar-refractivity contribution in [3.63, 3.8) is 0 Å². The van der Waals surface area contributed by atoms with Crippen molar-refractivity contribution in [3.05, 3.63) is 69.1 Å². The molecule has 2 heterocycles. The predicted molar refractivity (Wildman–Crippen MR) is 94.3 cm³/mol. The molecule has 0 atom stereocenters. The van der Waals surface area contributed by atoms with Crippen molar-refractivity contribution in [2.24, 2.45) is 0 Å². The SMILES string of the molecule is Cc1cc(C)cc(CN2CCN(C(=O)c3cccc(=O)[nH]3)CC2=O)c1. The molecule has 2 amide bonds. The van der Waals surface area contributed by atoms with E-state index in [4.69, 9.17) is 0 Å². The zero-order valence-corrected chi connectivity index (χ0v) is 14.4. The Kier molecular flexibility index (Phi) is 4.70. The van der Waals surface area contributed by atoms with Crippen LogP contribution in [0.3, 0.4) is 0 Å². The Morgan fingerprint density at radius 3 is 2.44 bits per heavy atom. The number of hydrogen-bond donors (Lipinski definition) is 1. The minimum absolute atomic E-state index is 0.0283. The lowest BCUT2D eigenvalue weighted by molar-refractivity contribution is -0.135. The Labute approximate surface area is 146 Å². The molecule has 1 aromatic carbocycles. The van der Waals surface area contributed by atoms with Gasteiger partial charge >= 0.3 is 0 Å². The number of aromatic amines is 1. The highest BCUT2D eigenvalue weighted by Gasteiger charge is 2.28. The maximum absolute atomic E-state index is 12.4. The van der Waals surface area contributed by atoms with Crippen LogP contribution in [0.4, 0.5) is 0 Å². The van der Waals surface area contributed by atoms with Crippen molar-refractivity contribution in [1.29, 1.82) is 0 Å². The quantitative estimate of drug-likeness (QED) is 0.920. The van der Waals surface area contributed by atoms with Crippen LogP contribution in [-0.2, 0) is 11.3 Å². The molecular weight excluding hydrogens is 318 g/mol. The first-order chi connectivity index (χ1) is 11.9. The zero-order valence-electron chi connectivity index (χ0n) is 14.4. The number of aromatic nitrogens is 1. The summed E-state index contributed by atoms with van der Waals surface area (Å²) in [4.78, 5) is 42.0. The van der Waals surface area contributed by atoms with Gasteiger partial charge < -0.3 is 14.8 Å². The predicted octanol–water partition coefficient (Wildman–Crippen LogP) is 1.48. The van der Waals surface area contributed by atoms with Gasteiger partial charge in [-0.3, -0.25) is 14.4 Å². The highest BCUT2D eigenvalue weighted by atomic mass is 16.2. The van der Waals surface area contributed by atoms with Crippen LogP contribution >= 0.6 is 0 Å². The molecule has 0 saturated carbocycles. The molecule has 3 rings (SSSR count). The smallest absolute Gasteiger partial charge is 0.270 e. The van der Waals surface area contributed by atoms with Gasteiger partial charge in [-0.2, -0.15) is 0 Å². The van der Waals surface area contributed by atoms with Gasteiger partial charge in [0.2, 0.25) is 11.5 Å². The number of benzene rings is 1. The minimum Gasteiger partial charge on any atom is -0.335 e. The average molecular weight is 339 g/mol. The van der Waals surface area contributed by atoms with E-state index < -0.39 is 0 Å². The van der Waals surface area contributed by atoms with Gasteiger partial charge in [-0.25, -0.2) is 0 Å². The summed E-state index contributed by atoms with van der Waals surface area (Å²) in [6, 6.07) is 10.7. The molecule has 1 saturated heterocycles. The topological polar surface area (TPSA) is 73.5 Å². The summed E-state index contributed by atoms with van der Waals surface area (Å²) >= 11 is 0. The van der Waals surface area contributed by atoms with Gasteiger partial charge in [0.15, 0.2) is 0 Å². The first kappa shape index (κ1) is 17.0. The van der Waals surface area contributed by atoms with Crippen molar-refractivity contribution < 1.29 is 9.59 Å². The van der Waals surface area contributed by atoms with Crippen LogP contribution in [0.5, 0.6) is 0 Å². The highest BCUT2D eigenvalue weighted by molar-refractivity contribution is 5.95. The molecule has 6 nitrogen and oxygen atoms in total. The monoisotopic (exact) mass is 339 g/mol. The van der Waals surface area contributed by atoms with Crippen LogP contribution in [0.15, 0.2) is 41.2 Å². The second-order valence-electron chi connectivity index (χ2n) is 6.47. The first-order valence-corrected chi connectivity index (χ1v) is 8.26. The van der Waals surface area contributed by atoms with Crippen LogP contribution in [0.25, 0.3) is 0 Å². The summed E-state index contributed by atoms with van der Waals surface area (Å²) in [6.07, 6.45) is 0. The lowest BCUT2D eigenvalue weighted by Crippen LogP contribution is -2.52. The third kappa shape index (κ3) is 3.96. The van der Waals surface area contributed by atoms with E-state index >= 15 is 0 Å². The maximum atomic E-state index is 12.4. The second-order valence-corrected chi connectivity index (χ2v) is 6.47. The average Bonchev–Trinajstić information content (AvgIpc) is 2.55. The summed E-state index contributed by atoms with van der Waals surface area (Å²) in [5.74, 6) is -0.408. The Morgan fingerprint density at radius 1 is 1.08 bits per heavy atom. The molecule has 1 aromatic heterocycles. The van der Waals surface area contributed by atoms with E-state index in [1.807, 2.05) is 13.8 Å². The van der Waals surface area contributed by atoms with Gasteiger partial charge in [0.25, 0.3) is 5.91 Å². The van der Waals surface area contributed by atoms with E-state index in [-0.39, 0.29) is 29.6 Å². The number of nitrogens with one attached hydrogen (secondary N) is 1. The third-order valence-corrected chi connectivity index (χ3v) is 4.26. The fourth-order valence-corrected chi connectivity index (χ4v) is 3.17. The van der Waals surface area contributed by atoms with Crippen LogP contribution in [0.1, 0.15) is 27.2 Å². The first-order valence-electron chi connectivity index (χ1n) is 8.26. The van der Waals surface area contributed by atoms with Crippen molar-refractivity contribution in [1.82, 2.24) is 14.8 Å². The molecule has 1 fully saturated rings. The third-order valence-electron chi connectivity index (χ3n) is 4.26. The van der Waals surface area contributed by atoms with Gasteiger partial charge in [-0.05, 0) is 25.5 Å². The lowest BCUT2D eigenvalue weighted by atomic mass is 10.1. The number of carbonyl (C=O) groups is 2. The molecule has 0 unspecified atom stereocenters. The maximum Gasteiger partial charge on any atom is 0.270 e. The molecule has 25 heavy (non-hydrogen) atoms. The summed E-state index contributed by atoms with van der Waals surface area (Å²) in [5.41, 5.74) is 3.32. The van der Waals surface area contributed by atoms with Crippen LogP contribution in [-0.4, -0.2) is 46.2 Å². The molecule has 0 aliphatic carbocycles. The lowest BCUT2D eigenvalue weighted by Gasteiger charge is -2.34. The number of nitrogens with zero attached hydrogens (tertiary/aromatic N) is 2. The van der Waals surface area contributed by atoms with E-state index in [1.54, 1.807) is 11.0 Å². The van der Waals surface area contributed by atoms with Crippen molar-refractivity contribution in [2.75, 3.05) is 19.6 Å². The summed E-state index contributed by atoms with van der Waals surface area (Å²) in [6.45, 7) is 5.58. The van der Waals surface area contributed by atoms with E-state index in [1.165, 1.54) is 28.2 Å². The normalized spacial score (nSPS) is 14.7. The minimum atomic E-state index is -0.328. The van der Waals surface area contributed by atoms with E-state index in [9.17, 15) is 14.4 Å². The molecule has 6 heteroatoms. The van der Waals surface area contributed by atoms with Crippen LogP contribution < -0.4 is 5.56 Å². The number of aryl methyl sites for hydroxylation is 2. The van der Waals surface area contributed by atoms with E-state index in [0.717, 1.165) is 5.56 Å². The van der Waals surface area contributed by atoms with Gasteiger partial charge in [0, 0.05) is 25.7 Å². The molecule has 130 valence electrons. The largest absolute Gasteiger partial charge is 0.335 e. The van der Waals surface area contributed by atoms with Gasteiger partial charge in [-0.1, -0.05) is 35.4 Å². The molecule has 1 aliphatic heterocycles. The number of hydrogen-bond acceptors (Lipinski definition) is 3. The summed E-state index contributed by atoms with van der Waals surface area (Å²) < 4.78 is 0. The Bertz CT molecular complexity index is 852. The molecule has 0 bridgehead atoms. The molecule has 1 aliphatic rings. The molecular formula is C19H21N3O3. The number of amides is 2. The number of H-pyrrole nitrogens is 1. The fourth-order valence-electron chi connectivity index (χ4n) is 3.17. The highest BCUT2D eigenvalue weighted by Crippen LogP contribution is 2.14. The Morgan fingerprint density at radius 2 is 1.80 bits per heavy atom. The number of rotatable bonds is 3. The molecule has 1 N–H and O–H groups in total. The van der Waals surface area contributed by atoms with Crippen molar-refractivity contribution >= 4 is 11.8 Å². The van der Waals surface area contributed by atoms with Crippen molar-refractivity contribution in [2.45, 2.75) is 20.4 Å². The van der Waals surface area contributed by atoms with Gasteiger partial charge in [0.05, 0.1) is 0 Å². The molecule has 0 radical (unpaired) electrons. The van der Waals surface area contributed by atoms with E-state index in [0.29, 0.717) is 19.6 Å². The molecule has 0 spiro atoms. The second kappa shape index (κ2) is 6.93. The number of carbonyl (C=O) groups excluding carboxylic acids is 2. The van der Waals surface area contributed by atoms with Gasteiger partial charge in [-0.15, -0.1) is 0 Å². The Balaban J connectivity index is 1.67. The standard InChI is InChI=1S/C19H21N3O3/c1-13-8-14(2)10-15(9-13)11-21-6-7-22(12-18(21)24)19(25)16-4-3-5-17(23)20-16/h3-5,8-10H,6-7,11-12H2,1-2H3,(H,20,23). The molecule has 2 aromatic rings. The van der Waals surface area contributed by atoms with Crippen molar-refractivity contribution in [3.8, 4) is 0 Å².